The van der Waals surface area contributed by atoms with Crippen LogP contribution in [0.3, 0.4) is 0 Å². The van der Waals surface area contributed by atoms with Gasteiger partial charge in [0.1, 0.15) is 11.1 Å². The molecule has 0 fully saturated rings. The number of nitro benzene ring substituents is 1. The van der Waals surface area contributed by atoms with Crippen molar-refractivity contribution < 1.29 is 22.6 Å². The highest BCUT2D eigenvalue weighted by Gasteiger charge is 2.17. The number of non-ortho nitro benzene ring substituents is 1. The summed E-state index contributed by atoms with van der Waals surface area (Å²) in [5, 5.41) is 23.6. The van der Waals surface area contributed by atoms with Crippen molar-refractivity contribution in [3.63, 3.8) is 0 Å². The number of benzene rings is 2. The zero-order valence-electron chi connectivity index (χ0n) is 15.9. The summed E-state index contributed by atoms with van der Waals surface area (Å²) in [4.78, 5) is 26.9. The van der Waals surface area contributed by atoms with Crippen molar-refractivity contribution in [1.82, 2.24) is 4.98 Å². The predicted octanol–water partition coefficient (Wildman–Crippen LogP) is 3.33. The average molecular weight is 471 g/mol. The van der Waals surface area contributed by atoms with Crippen molar-refractivity contribution in [2.45, 2.75) is 4.90 Å². The number of anilines is 2. The van der Waals surface area contributed by atoms with Gasteiger partial charge in [-0.2, -0.15) is 0 Å². The van der Waals surface area contributed by atoms with Gasteiger partial charge in [0.25, 0.3) is 21.6 Å². The van der Waals surface area contributed by atoms with E-state index in [4.69, 9.17) is 9.83 Å². The summed E-state index contributed by atoms with van der Waals surface area (Å²) in [6.07, 6.45) is 1.47. The number of nitrogens with zero attached hydrogens (tertiary/aromatic N) is 2. The topological polar surface area (TPSA) is 168 Å². The summed E-state index contributed by atoms with van der Waals surface area (Å²) >= 11 is 1.14. The SMILES string of the molecule is N=c1oc2ccc([N+](=O)[O-])cc2cc1C(=O)Nc1ccc(S(=O)(=O)Nc2nccs2)cc1. The third kappa shape index (κ3) is 4.33. The van der Waals surface area contributed by atoms with E-state index in [9.17, 15) is 23.3 Å². The highest BCUT2D eigenvalue weighted by Crippen LogP contribution is 2.22. The maximum absolute atomic E-state index is 12.6. The Kier molecular flexibility index (Phi) is 5.42. The summed E-state index contributed by atoms with van der Waals surface area (Å²) < 4.78 is 32.4. The molecule has 11 nitrogen and oxygen atoms in total. The second-order valence-corrected chi connectivity index (χ2v) is 8.97. The third-order valence-electron chi connectivity index (χ3n) is 4.28. The van der Waals surface area contributed by atoms with Gasteiger partial charge in [-0.15, -0.1) is 11.3 Å². The fourth-order valence-electron chi connectivity index (χ4n) is 2.77. The van der Waals surface area contributed by atoms with Crippen LogP contribution in [0.15, 0.2) is 69.4 Å². The lowest BCUT2D eigenvalue weighted by Crippen LogP contribution is -2.21. The normalized spacial score (nSPS) is 11.2. The van der Waals surface area contributed by atoms with E-state index in [0.29, 0.717) is 0 Å². The summed E-state index contributed by atoms with van der Waals surface area (Å²) in [5.74, 6) is -0.691. The highest BCUT2D eigenvalue weighted by molar-refractivity contribution is 7.93. The smallest absolute Gasteiger partial charge is 0.270 e. The maximum Gasteiger partial charge on any atom is 0.270 e. The van der Waals surface area contributed by atoms with Crippen LogP contribution in [-0.2, 0) is 10.0 Å². The Bertz CT molecular complexity index is 1500. The molecule has 0 aliphatic rings. The number of sulfonamides is 1. The number of thiazole rings is 1. The Morgan fingerprint density at radius 1 is 1.16 bits per heavy atom. The quantitative estimate of drug-likeness (QED) is 0.286. The standard InChI is InChI=1S/C19H13N5O6S2/c20-17-15(10-11-9-13(24(26)27)3-6-16(11)30-17)18(25)22-12-1-4-14(5-2-12)32(28,29)23-19-21-7-8-31-19/h1-10,20H,(H,21,23)(H,22,25). The lowest BCUT2D eigenvalue weighted by Gasteiger charge is -2.08. The molecule has 0 aliphatic heterocycles. The zero-order chi connectivity index (χ0) is 22.9. The molecule has 0 radical (unpaired) electrons. The number of fused-ring (bicyclic) bond motifs is 1. The van der Waals surface area contributed by atoms with Crippen molar-refractivity contribution in [3.05, 3.63) is 81.3 Å². The Hall–Kier alpha value is -4.10. The molecule has 3 N–H and O–H groups in total. The minimum Gasteiger partial charge on any atom is -0.438 e. The van der Waals surface area contributed by atoms with Crippen LogP contribution in [0.2, 0.25) is 0 Å². The van der Waals surface area contributed by atoms with E-state index in [2.05, 4.69) is 15.0 Å². The molecule has 0 atom stereocenters. The molecule has 0 saturated heterocycles. The molecule has 32 heavy (non-hydrogen) atoms. The van der Waals surface area contributed by atoms with Crippen LogP contribution in [0.4, 0.5) is 16.5 Å². The second-order valence-electron chi connectivity index (χ2n) is 6.39. The molecular formula is C19H13N5O6S2. The van der Waals surface area contributed by atoms with Gasteiger partial charge in [0.05, 0.1) is 9.82 Å². The molecule has 1 amide bonds. The van der Waals surface area contributed by atoms with E-state index in [1.165, 1.54) is 54.7 Å². The number of nitrogens with one attached hydrogen (secondary N) is 3. The van der Waals surface area contributed by atoms with E-state index >= 15 is 0 Å². The number of rotatable bonds is 6. The van der Waals surface area contributed by atoms with Gasteiger partial charge in [-0.3, -0.25) is 25.0 Å². The number of hydrogen-bond donors (Lipinski definition) is 3. The molecule has 0 bridgehead atoms. The molecule has 0 spiro atoms. The molecule has 2 aromatic heterocycles. The highest BCUT2D eigenvalue weighted by atomic mass is 32.2. The van der Waals surface area contributed by atoms with Gasteiger partial charge in [0, 0.05) is 34.8 Å². The van der Waals surface area contributed by atoms with Crippen molar-refractivity contribution >= 4 is 54.7 Å². The molecule has 162 valence electrons. The molecule has 0 saturated carbocycles. The molecule has 13 heteroatoms. The van der Waals surface area contributed by atoms with Gasteiger partial charge in [-0.05, 0) is 36.4 Å². The van der Waals surface area contributed by atoms with Gasteiger partial charge in [0.15, 0.2) is 5.13 Å². The molecular weight excluding hydrogens is 458 g/mol. The van der Waals surface area contributed by atoms with E-state index in [-0.39, 0.29) is 37.9 Å². The summed E-state index contributed by atoms with van der Waals surface area (Å²) in [5.41, 5.74) is -0.239. The van der Waals surface area contributed by atoms with Crippen molar-refractivity contribution in [2.24, 2.45) is 0 Å². The molecule has 4 rings (SSSR count). The summed E-state index contributed by atoms with van der Waals surface area (Å²) in [7, 11) is -3.84. The van der Waals surface area contributed by atoms with Crippen LogP contribution in [0.5, 0.6) is 0 Å². The van der Waals surface area contributed by atoms with Crippen molar-refractivity contribution in [3.8, 4) is 0 Å². The molecule has 4 aromatic rings. The zero-order valence-corrected chi connectivity index (χ0v) is 17.6. The first-order valence-corrected chi connectivity index (χ1v) is 11.2. The Morgan fingerprint density at radius 2 is 1.91 bits per heavy atom. The summed E-state index contributed by atoms with van der Waals surface area (Å²) in [6, 6.07) is 10.5. The largest absolute Gasteiger partial charge is 0.438 e. The van der Waals surface area contributed by atoms with Crippen LogP contribution in [0, 0.1) is 15.5 Å². The lowest BCUT2D eigenvalue weighted by atomic mass is 10.1. The van der Waals surface area contributed by atoms with Crippen LogP contribution in [-0.4, -0.2) is 24.2 Å². The van der Waals surface area contributed by atoms with Gasteiger partial charge >= 0.3 is 0 Å². The van der Waals surface area contributed by atoms with Crippen molar-refractivity contribution in [2.75, 3.05) is 10.0 Å². The fraction of sp³-hybridized carbons (Fsp3) is 0. The number of aromatic nitrogens is 1. The van der Waals surface area contributed by atoms with Gasteiger partial charge < -0.3 is 9.73 Å². The monoisotopic (exact) mass is 471 g/mol. The second kappa shape index (κ2) is 8.20. The average Bonchev–Trinajstić information content (AvgIpc) is 3.25. The predicted molar refractivity (Wildman–Crippen MR) is 116 cm³/mol. The van der Waals surface area contributed by atoms with E-state index in [0.717, 1.165) is 11.3 Å². The van der Waals surface area contributed by atoms with Gasteiger partial charge in [-0.1, -0.05) is 0 Å². The number of hydrogen-bond acceptors (Lipinski definition) is 9. The van der Waals surface area contributed by atoms with E-state index < -0.39 is 26.4 Å². The van der Waals surface area contributed by atoms with Crippen LogP contribution >= 0.6 is 11.3 Å². The fourth-order valence-corrected chi connectivity index (χ4v) is 4.56. The van der Waals surface area contributed by atoms with Crippen molar-refractivity contribution in [1.29, 1.82) is 5.41 Å². The van der Waals surface area contributed by atoms with Gasteiger partial charge in [-0.25, -0.2) is 13.4 Å². The Balaban J connectivity index is 1.56. The minimum absolute atomic E-state index is 0.0279. The first-order valence-electron chi connectivity index (χ1n) is 8.83. The number of carbonyl (C=O) groups excluding carboxylic acids is 1. The number of nitro groups is 1. The number of carbonyl (C=O) groups is 1. The molecule has 0 aliphatic carbocycles. The molecule has 0 unspecified atom stereocenters. The van der Waals surface area contributed by atoms with Crippen LogP contribution in [0.1, 0.15) is 10.4 Å². The minimum atomic E-state index is -3.84. The first kappa shape index (κ1) is 21.1. The maximum atomic E-state index is 12.6. The molecule has 2 aromatic carbocycles. The lowest BCUT2D eigenvalue weighted by molar-refractivity contribution is -0.384. The first-order chi connectivity index (χ1) is 15.2. The van der Waals surface area contributed by atoms with Crippen LogP contribution < -0.4 is 15.6 Å². The Morgan fingerprint density at radius 3 is 2.56 bits per heavy atom. The molecule has 2 heterocycles. The van der Waals surface area contributed by atoms with E-state index in [1.807, 2.05) is 0 Å². The van der Waals surface area contributed by atoms with E-state index in [1.54, 1.807) is 5.38 Å². The number of amides is 1. The van der Waals surface area contributed by atoms with Gasteiger partial charge in [0.2, 0.25) is 5.55 Å². The Labute approximate surface area is 184 Å². The third-order valence-corrected chi connectivity index (χ3v) is 6.45. The summed E-state index contributed by atoms with van der Waals surface area (Å²) in [6.45, 7) is 0. The van der Waals surface area contributed by atoms with Crippen LogP contribution in [0.25, 0.3) is 11.0 Å².